The van der Waals surface area contributed by atoms with E-state index in [1.165, 1.54) is 12.8 Å². The summed E-state index contributed by atoms with van der Waals surface area (Å²) >= 11 is 0. The van der Waals surface area contributed by atoms with E-state index in [4.69, 9.17) is 9.26 Å². The van der Waals surface area contributed by atoms with E-state index >= 15 is 0 Å². The SMILES string of the molecule is CCOC(c1noc(C2CCNCC2)n1)C1CC1. The van der Waals surface area contributed by atoms with Gasteiger partial charge in [0.05, 0.1) is 0 Å². The molecule has 2 fully saturated rings. The first-order valence-corrected chi connectivity index (χ1v) is 7.04. The van der Waals surface area contributed by atoms with Crippen LogP contribution in [0.1, 0.15) is 56.3 Å². The summed E-state index contributed by atoms with van der Waals surface area (Å²) in [4.78, 5) is 4.58. The molecule has 0 amide bonds. The van der Waals surface area contributed by atoms with Crippen LogP contribution in [0.3, 0.4) is 0 Å². The lowest BCUT2D eigenvalue weighted by molar-refractivity contribution is 0.0384. The molecule has 1 aliphatic heterocycles. The first kappa shape index (κ1) is 12.1. The maximum absolute atomic E-state index is 5.76. The minimum Gasteiger partial charge on any atom is -0.370 e. The first-order chi connectivity index (χ1) is 8.88. The molecule has 18 heavy (non-hydrogen) atoms. The highest BCUT2D eigenvalue weighted by atomic mass is 16.5. The number of hydrogen-bond donors (Lipinski definition) is 1. The maximum Gasteiger partial charge on any atom is 0.229 e. The molecule has 0 spiro atoms. The van der Waals surface area contributed by atoms with E-state index in [9.17, 15) is 0 Å². The van der Waals surface area contributed by atoms with Gasteiger partial charge in [-0.2, -0.15) is 4.98 Å². The molecule has 0 radical (unpaired) electrons. The summed E-state index contributed by atoms with van der Waals surface area (Å²) in [6, 6.07) is 0. The molecule has 5 heteroatoms. The van der Waals surface area contributed by atoms with Crippen LogP contribution in [0, 0.1) is 5.92 Å². The predicted molar refractivity (Wildman–Crippen MR) is 66.2 cm³/mol. The Morgan fingerprint density at radius 1 is 1.33 bits per heavy atom. The Labute approximate surface area is 107 Å². The van der Waals surface area contributed by atoms with Crippen LogP contribution in [0.5, 0.6) is 0 Å². The van der Waals surface area contributed by atoms with Gasteiger partial charge in [0, 0.05) is 12.5 Å². The monoisotopic (exact) mass is 251 g/mol. The van der Waals surface area contributed by atoms with E-state index in [1.54, 1.807) is 0 Å². The van der Waals surface area contributed by atoms with Crippen molar-refractivity contribution in [1.82, 2.24) is 15.5 Å². The summed E-state index contributed by atoms with van der Waals surface area (Å²) in [5.74, 6) is 2.59. The molecule has 100 valence electrons. The van der Waals surface area contributed by atoms with E-state index in [0.29, 0.717) is 18.4 Å². The average molecular weight is 251 g/mol. The van der Waals surface area contributed by atoms with E-state index in [2.05, 4.69) is 15.5 Å². The summed E-state index contributed by atoms with van der Waals surface area (Å²) in [5.41, 5.74) is 0. The summed E-state index contributed by atoms with van der Waals surface area (Å²) in [5, 5.41) is 7.49. The molecule has 1 aromatic heterocycles. The summed E-state index contributed by atoms with van der Waals surface area (Å²) < 4.78 is 11.2. The fraction of sp³-hybridized carbons (Fsp3) is 0.846. The highest BCUT2D eigenvalue weighted by Gasteiger charge is 2.36. The van der Waals surface area contributed by atoms with Crippen LogP contribution >= 0.6 is 0 Å². The zero-order valence-electron chi connectivity index (χ0n) is 10.9. The van der Waals surface area contributed by atoms with Crippen molar-refractivity contribution in [2.75, 3.05) is 19.7 Å². The third-order valence-corrected chi connectivity index (χ3v) is 3.80. The molecule has 1 saturated carbocycles. The predicted octanol–water partition coefficient (Wildman–Crippen LogP) is 2.02. The Morgan fingerprint density at radius 3 is 2.78 bits per heavy atom. The third kappa shape index (κ3) is 2.57. The van der Waals surface area contributed by atoms with Crippen molar-refractivity contribution in [3.8, 4) is 0 Å². The summed E-state index contributed by atoms with van der Waals surface area (Å²) in [7, 11) is 0. The number of ether oxygens (including phenoxy) is 1. The fourth-order valence-corrected chi connectivity index (χ4v) is 2.60. The van der Waals surface area contributed by atoms with Gasteiger partial charge in [0.25, 0.3) is 0 Å². The molecule has 1 N–H and O–H groups in total. The second-order valence-corrected chi connectivity index (χ2v) is 5.23. The number of nitrogens with zero attached hydrogens (tertiary/aromatic N) is 2. The summed E-state index contributed by atoms with van der Waals surface area (Å²) in [6.07, 6.45) is 4.67. The molecule has 5 nitrogen and oxygen atoms in total. The van der Waals surface area contributed by atoms with Gasteiger partial charge in [0.2, 0.25) is 11.7 Å². The Morgan fingerprint density at radius 2 is 2.11 bits per heavy atom. The van der Waals surface area contributed by atoms with E-state index in [0.717, 1.165) is 37.6 Å². The molecule has 1 aliphatic carbocycles. The van der Waals surface area contributed by atoms with Gasteiger partial charge in [-0.25, -0.2) is 0 Å². The Bertz CT molecular complexity index is 383. The minimum absolute atomic E-state index is 0.0502. The second-order valence-electron chi connectivity index (χ2n) is 5.23. The number of aromatic nitrogens is 2. The number of nitrogens with one attached hydrogen (secondary N) is 1. The molecule has 1 aromatic rings. The molecule has 2 aliphatic rings. The van der Waals surface area contributed by atoms with Crippen molar-refractivity contribution in [3.05, 3.63) is 11.7 Å². The lowest BCUT2D eigenvalue weighted by atomic mass is 9.98. The van der Waals surface area contributed by atoms with Gasteiger partial charge in [0.1, 0.15) is 6.10 Å². The zero-order chi connectivity index (χ0) is 12.4. The smallest absolute Gasteiger partial charge is 0.229 e. The molecular formula is C13H21N3O2. The molecule has 0 aromatic carbocycles. The van der Waals surface area contributed by atoms with Gasteiger partial charge in [-0.15, -0.1) is 0 Å². The fourth-order valence-electron chi connectivity index (χ4n) is 2.60. The van der Waals surface area contributed by atoms with Crippen molar-refractivity contribution in [3.63, 3.8) is 0 Å². The normalized spacial score (nSPS) is 23.2. The Hall–Kier alpha value is -0.940. The average Bonchev–Trinajstić information content (AvgIpc) is 3.14. The quantitative estimate of drug-likeness (QED) is 0.867. The highest BCUT2D eigenvalue weighted by Crippen LogP contribution is 2.42. The van der Waals surface area contributed by atoms with Gasteiger partial charge in [-0.3, -0.25) is 0 Å². The van der Waals surface area contributed by atoms with E-state index in [-0.39, 0.29) is 6.10 Å². The molecule has 1 unspecified atom stereocenters. The van der Waals surface area contributed by atoms with Crippen LogP contribution < -0.4 is 5.32 Å². The highest BCUT2D eigenvalue weighted by molar-refractivity contribution is 5.02. The van der Waals surface area contributed by atoms with Gasteiger partial charge in [-0.1, -0.05) is 5.16 Å². The van der Waals surface area contributed by atoms with Crippen LogP contribution in [-0.2, 0) is 4.74 Å². The van der Waals surface area contributed by atoms with Crippen molar-refractivity contribution >= 4 is 0 Å². The zero-order valence-corrected chi connectivity index (χ0v) is 10.9. The molecular weight excluding hydrogens is 230 g/mol. The number of hydrogen-bond acceptors (Lipinski definition) is 5. The largest absolute Gasteiger partial charge is 0.370 e. The molecule has 1 saturated heterocycles. The first-order valence-electron chi connectivity index (χ1n) is 7.04. The maximum atomic E-state index is 5.76. The van der Waals surface area contributed by atoms with Crippen LogP contribution in [0.25, 0.3) is 0 Å². The summed E-state index contributed by atoms with van der Waals surface area (Å²) in [6.45, 7) is 4.81. The molecule has 3 rings (SSSR count). The van der Waals surface area contributed by atoms with Crippen LogP contribution in [0.2, 0.25) is 0 Å². The number of rotatable bonds is 5. The lowest BCUT2D eigenvalue weighted by Crippen LogP contribution is -2.26. The van der Waals surface area contributed by atoms with Gasteiger partial charge < -0.3 is 14.6 Å². The van der Waals surface area contributed by atoms with Crippen molar-refractivity contribution in [2.45, 2.75) is 44.6 Å². The van der Waals surface area contributed by atoms with Crippen molar-refractivity contribution in [2.24, 2.45) is 5.92 Å². The number of piperidine rings is 1. The molecule has 2 heterocycles. The Kier molecular flexibility index (Phi) is 3.61. The van der Waals surface area contributed by atoms with Crippen LogP contribution in [0.15, 0.2) is 4.52 Å². The second kappa shape index (κ2) is 5.36. The van der Waals surface area contributed by atoms with E-state index in [1.807, 2.05) is 6.92 Å². The van der Waals surface area contributed by atoms with Crippen LogP contribution in [-0.4, -0.2) is 29.8 Å². The van der Waals surface area contributed by atoms with Crippen molar-refractivity contribution < 1.29 is 9.26 Å². The third-order valence-electron chi connectivity index (χ3n) is 3.80. The lowest BCUT2D eigenvalue weighted by Gasteiger charge is -2.18. The molecule has 1 atom stereocenters. The van der Waals surface area contributed by atoms with Gasteiger partial charge >= 0.3 is 0 Å². The molecule has 0 bridgehead atoms. The standard InChI is InChI=1S/C13H21N3O2/c1-2-17-11(9-3-4-9)12-15-13(18-16-12)10-5-7-14-8-6-10/h9-11,14H,2-8H2,1H3. The Balaban J connectivity index is 1.70. The van der Waals surface area contributed by atoms with Gasteiger partial charge in [-0.05, 0) is 51.6 Å². The van der Waals surface area contributed by atoms with Gasteiger partial charge in [0.15, 0.2) is 0 Å². The van der Waals surface area contributed by atoms with Crippen molar-refractivity contribution in [1.29, 1.82) is 0 Å². The topological polar surface area (TPSA) is 60.2 Å². The minimum atomic E-state index is 0.0502. The van der Waals surface area contributed by atoms with E-state index < -0.39 is 0 Å². The van der Waals surface area contributed by atoms with Crippen LogP contribution in [0.4, 0.5) is 0 Å².